The molecule has 0 N–H and O–H groups in total. The number of rotatable bonds is 4. The van der Waals surface area contributed by atoms with Gasteiger partial charge in [-0.25, -0.2) is 0 Å². The van der Waals surface area contributed by atoms with Gasteiger partial charge in [-0.15, -0.1) is 0 Å². The van der Waals surface area contributed by atoms with Crippen molar-refractivity contribution in [3.63, 3.8) is 0 Å². The molecule has 6 heteroatoms. The van der Waals surface area contributed by atoms with Crippen LogP contribution in [0.4, 0.5) is 0 Å². The van der Waals surface area contributed by atoms with E-state index < -0.39 is 6.60 Å². The Morgan fingerprint density at radius 2 is 1.26 bits per heavy atom. The van der Waals surface area contributed by atoms with Crippen LogP contribution < -0.4 is 26.9 Å². The van der Waals surface area contributed by atoms with Crippen LogP contribution in [0.3, 0.4) is 0 Å². The number of thiazole rings is 1. The third-order valence-corrected chi connectivity index (χ3v) is 13.3. The summed E-state index contributed by atoms with van der Waals surface area (Å²) < 4.78 is 2.07. The fraction of sp³-hybridized carbons (Fsp3) is 0.0400. The van der Waals surface area contributed by atoms with Gasteiger partial charge in [0.15, 0.2) is 0 Å². The van der Waals surface area contributed by atoms with Gasteiger partial charge in [-0.05, 0) is 0 Å². The van der Waals surface area contributed by atoms with Crippen molar-refractivity contribution < 1.29 is 0 Å². The molecule has 0 saturated heterocycles. The van der Waals surface area contributed by atoms with Gasteiger partial charge in [0.05, 0.1) is 0 Å². The van der Waals surface area contributed by atoms with Crippen LogP contribution in [-0.2, 0) is 0 Å². The minimum absolute atomic E-state index is 0.123. The molecule has 0 bridgehead atoms. The third kappa shape index (κ3) is 2.90. The number of hydrogen-bond donors (Lipinski definition) is 0. The molecule has 2 heterocycles. The van der Waals surface area contributed by atoms with Crippen molar-refractivity contribution in [2.45, 2.75) is 0 Å². The van der Waals surface area contributed by atoms with E-state index in [4.69, 9.17) is 16.6 Å². The Hall–Kier alpha value is -2.78. The van der Waals surface area contributed by atoms with Crippen LogP contribution in [0.25, 0.3) is 4.96 Å². The second-order valence-corrected chi connectivity index (χ2v) is 14.5. The summed E-state index contributed by atoms with van der Waals surface area (Å²) in [5.74, 6) is 0. The molecule has 0 aliphatic rings. The molecular weight excluding hydrogens is 443 g/mol. The van der Waals surface area contributed by atoms with E-state index in [0.717, 1.165) is 21.3 Å². The van der Waals surface area contributed by atoms with E-state index in [1.165, 1.54) is 15.7 Å². The first-order chi connectivity index (χ1) is 15.0. The molecule has 0 fully saturated rings. The van der Waals surface area contributed by atoms with Gasteiger partial charge in [-0.3, -0.25) is 0 Å². The summed E-state index contributed by atoms with van der Waals surface area (Å²) >= 11 is 7.56. The van der Waals surface area contributed by atoms with E-state index in [9.17, 15) is 4.79 Å². The van der Waals surface area contributed by atoms with Gasteiger partial charge in [0, 0.05) is 0 Å². The summed E-state index contributed by atoms with van der Waals surface area (Å²) in [5, 5.41) is 3.47. The van der Waals surface area contributed by atoms with Crippen LogP contribution in [0.5, 0.6) is 0 Å². The molecule has 31 heavy (non-hydrogen) atoms. The zero-order chi connectivity index (χ0) is 21.5. The summed E-state index contributed by atoms with van der Waals surface area (Å²) in [4.78, 5) is 18.9. The molecule has 0 radical (unpaired) electrons. The first-order valence-corrected chi connectivity index (χ1v) is 13.8. The third-order valence-electron chi connectivity index (χ3n) is 6.10. The monoisotopic (exact) mass is 462 g/mol. The number of fused-ring (bicyclic) bond motifs is 1. The number of benzene rings is 3. The van der Waals surface area contributed by atoms with Crippen LogP contribution >= 0.6 is 29.5 Å². The van der Waals surface area contributed by atoms with E-state index in [2.05, 4.69) is 79.5 Å². The number of aromatic nitrogens is 2. The predicted molar refractivity (Wildman–Crippen MR) is 135 cm³/mol. The van der Waals surface area contributed by atoms with E-state index in [0.29, 0.717) is 9.30 Å². The SMILES string of the molecule is CP(c1ccccc1)(c1ccccc1)(c1ccccc1)c1cc(=O)n2cc(Cl)sc2n1. The fourth-order valence-corrected chi connectivity index (χ4v) is 10.7. The van der Waals surface area contributed by atoms with Crippen molar-refractivity contribution >= 4 is 55.9 Å². The maximum atomic E-state index is 13.2. The van der Waals surface area contributed by atoms with Crippen LogP contribution in [0.2, 0.25) is 4.34 Å². The van der Waals surface area contributed by atoms with Gasteiger partial charge < -0.3 is 0 Å². The molecule has 0 atom stereocenters. The van der Waals surface area contributed by atoms with Crippen LogP contribution in [0.1, 0.15) is 0 Å². The van der Waals surface area contributed by atoms with Gasteiger partial charge in [0.1, 0.15) is 0 Å². The zero-order valence-corrected chi connectivity index (χ0v) is 19.3. The molecule has 5 aromatic rings. The Morgan fingerprint density at radius 3 is 1.71 bits per heavy atom. The van der Waals surface area contributed by atoms with Crippen molar-refractivity contribution in [2.75, 3.05) is 6.66 Å². The van der Waals surface area contributed by atoms with Crippen LogP contribution in [0, 0.1) is 0 Å². The molecule has 0 aliphatic carbocycles. The van der Waals surface area contributed by atoms with Gasteiger partial charge >= 0.3 is 190 Å². The van der Waals surface area contributed by atoms with E-state index >= 15 is 0 Å². The topological polar surface area (TPSA) is 34.4 Å². The molecule has 5 rings (SSSR count). The summed E-state index contributed by atoms with van der Waals surface area (Å²) in [6, 6.07) is 33.0. The van der Waals surface area contributed by atoms with E-state index in [-0.39, 0.29) is 5.56 Å². The van der Waals surface area contributed by atoms with Crippen molar-refractivity contribution in [1.82, 2.24) is 9.38 Å². The van der Waals surface area contributed by atoms with E-state index in [1.807, 2.05) is 18.2 Å². The Balaban J connectivity index is 2.03. The fourth-order valence-electron chi connectivity index (χ4n) is 4.40. The first kappa shape index (κ1) is 20.1. The van der Waals surface area contributed by atoms with Crippen LogP contribution in [-0.4, -0.2) is 16.0 Å². The van der Waals surface area contributed by atoms with Gasteiger partial charge in [-0.1, -0.05) is 0 Å². The zero-order valence-electron chi connectivity index (χ0n) is 16.9. The Bertz CT molecular complexity index is 1330. The molecular formula is C25H20ClN2OPS. The second kappa shape index (κ2) is 7.42. The molecule has 0 saturated carbocycles. The Morgan fingerprint density at radius 1 is 0.806 bits per heavy atom. The van der Waals surface area contributed by atoms with Gasteiger partial charge in [-0.2, -0.15) is 0 Å². The van der Waals surface area contributed by atoms with Crippen molar-refractivity contribution in [1.29, 1.82) is 0 Å². The standard InChI is InChI=1S/C25H20ClN2OPS/c1-30(19-11-5-2-6-12-19,20-13-7-3-8-14-20,21-15-9-4-10-16-21)23-17-24(29)28-18-22(26)31-25(28)27-23/h2-18H,1H3. The quantitative estimate of drug-likeness (QED) is 0.375. The van der Waals surface area contributed by atoms with E-state index in [1.54, 1.807) is 12.3 Å². The average Bonchev–Trinajstić information content (AvgIpc) is 3.21. The molecule has 0 spiro atoms. The number of hydrogen-bond acceptors (Lipinski definition) is 3. The average molecular weight is 463 g/mol. The first-order valence-electron chi connectivity index (χ1n) is 9.89. The molecule has 3 nitrogen and oxygen atoms in total. The Kier molecular flexibility index (Phi) is 4.82. The molecule has 0 unspecified atom stereocenters. The second-order valence-electron chi connectivity index (χ2n) is 7.71. The van der Waals surface area contributed by atoms with Crippen molar-refractivity contribution in [3.8, 4) is 0 Å². The number of nitrogens with zero attached hydrogens (tertiary/aromatic N) is 2. The van der Waals surface area contributed by atoms with Gasteiger partial charge in [0.25, 0.3) is 0 Å². The van der Waals surface area contributed by atoms with Crippen molar-refractivity contribution in [3.05, 3.63) is 118 Å². The molecule has 154 valence electrons. The summed E-state index contributed by atoms with van der Waals surface area (Å²) in [6.07, 6.45) is 1.64. The summed E-state index contributed by atoms with van der Waals surface area (Å²) in [6.45, 7) is -1.03. The molecule has 3 aromatic carbocycles. The normalized spacial score (nSPS) is 13.0. The molecule has 2 aromatic heterocycles. The Labute approximate surface area is 189 Å². The maximum absolute atomic E-state index is 13.2. The van der Waals surface area contributed by atoms with Crippen LogP contribution in [0.15, 0.2) is 108 Å². The predicted octanol–water partition coefficient (Wildman–Crippen LogP) is 4.19. The summed E-state index contributed by atoms with van der Waals surface area (Å²) in [5.41, 5.74) is 0.667. The van der Waals surface area contributed by atoms with Gasteiger partial charge in [0.2, 0.25) is 0 Å². The minimum atomic E-state index is -3.32. The molecule has 0 aliphatic heterocycles. The summed E-state index contributed by atoms with van der Waals surface area (Å²) in [7, 11) is 0. The molecule has 0 amide bonds. The number of halogens is 1. The van der Waals surface area contributed by atoms with Crippen molar-refractivity contribution in [2.24, 2.45) is 0 Å².